The minimum Gasteiger partial charge on any atom is -0.481 e. The summed E-state index contributed by atoms with van der Waals surface area (Å²) in [6, 6.07) is 0. The molecule has 8 atom stereocenters. The molecule has 2 unspecified atom stereocenters. The van der Waals surface area contributed by atoms with Crippen molar-refractivity contribution in [3.05, 3.63) is 11.6 Å². The van der Waals surface area contributed by atoms with Crippen molar-refractivity contribution in [2.45, 2.75) is 103 Å². The zero-order valence-corrected chi connectivity index (χ0v) is 18.9. The number of aliphatic carboxylic acids is 1. The lowest BCUT2D eigenvalue weighted by Crippen LogP contribution is -2.53. The zero-order valence-electron chi connectivity index (χ0n) is 18.9. The van der Waals surface area contributed by atoms with Gasteiger partial charge in [0, 0.05) is 0 Å². The first-order chi connectivity index (χ1) is 13.5. The van der Waals surface area contributed by atoms with E-state index in [1.165, 1.54) is 18.4 Å². The van der Waals surface area contributed by atoms with Crippen LogP contribution in [0.5, 0.6) is 0 Å². The van der Waals surface area contributed by atoms with Crippen molar-refractivity contribution in [1.82, 2.24) is 0 Å². The molecule has 29 heavy (non-hydrogen) atoms. The first-order valence-electron chi connectivity index (χ1n) is 11.4. The number of hydrogen-bond donors (Lipinski definition) is 1. The minimum atomic E-state index is -0.842. The molecular weight excluding hydrogens is 368 g/mol. The van der Waals surface area contributed by atoms with E-state index in [1.807, 2.05) is 0 Å². The SMILES string of the molecule is CC1=C[C@H]2C[C@@]3(C)OC([C@]4(C)CC[C@H]([C@@H](C)C(=O)O)OO4)CC3C(C)(C)[C@H]2CC1. The Kier molecular flexibility index (Phi) is 5.20. The highest BCUT2D eigenvalue weighted by molar-refractivity contribution is 5.70. The fraction of sp³-hybridized carbons (Fsp3) is 0.875. The molecule has 0 amide bonds. The number of allylic oxidation sites excluding steroid dienone is 2. The van der Waals surface area contributed by atoms with E-state index in [4.69, 9.17) is 14.5 Å². The zero-order chi connectivity index (χ0) is 21.2. The summed E-state index contributed by atoms with van der Waals surface area (Å²) in [6.07, 6.45) is 8.09. The Bertz CT molecular complexity index is 689. The van der Waals surface area contributed by atoms with E-state index in [9.17, 15) is 9.90 Å². The summed E-state index contributed by atoms with van der Waals surface area (Å²) >= 11 is 0. The van der Waals surface area contributed by atoms with Gasteiger partial charge in [-0.2, -0.15) is 0 Å². The average Bonchev–Trinajstić information content (AvgIpc) is 3.00. The van der Waals surface area contributed by atoms with Crippen LogP contribution in [0.25, 0.3) is 0 Å². The van der Waals surface area contributed by atoms with Gasteiger partial charge in [0.2, 0.25) is 0 Å². The number of carbonyl (C=O) groups is 1. The second-order valence-corrected chi connectivity index (χ2v) is 11.3. The van der Waals surface area contributed by atoms with Crippen LogP contribution in [-0.2, 0) is 19.3 Å². The second kappa shape index (κ2) is 7.06. The summed E-state index contributed by atoms with van der Waals surface area (Å²) in [5.41, 5.74) is 1.06. The molecule has 0 aromatic heterocycles. The van der Waals surface area contributed by atoms with E-state index in [-0.39, 0.29) is 17.1 Å². The van der Waals surface area contributed by atoms with Gasteiger partial charge in [-0.05, 0) is 89.4 Å². The lowest BCUT2D eigenvalue weighted by molar-refractivity contribution is -0.425. The van der Waals surface area contributed by atoms with Gasteiger partial charge in [0.15, 0.2) is 0 Å². The van der Waals surface area contributed by atoms with Gasteiger partial charge in [-0.15, -0.1) is 0 Å². The Balaban J connectivity index is 1.51. The second-order valence-electron chi connectivity index (χ2n) is 11.3. The standard InChI is InChI=1S/C24H38O5/c1-14-7-8-17-16(11-14)13-24(6)19(22(17,3)4)12-20(27-24)23(5)10-9-18(28-29-23)15(2)21(25)26/h11,15-20H,7-10,12-13H2,1-6H3,(H,25,26)/t15-,16+,17+,18-,19?,20?,23+,24-/m1/s1. The van der Waals surface area contributed by atoms with Crippen LogP contribution in [0.2, 0.25) is 0 Å². The maximum atomic E-state index is 11.3. The number of carboxylic acid groups (broad SMARTS) is 1. The third-order valence-electron chi connectivity index (χ3n) is 8.87. The molecule has 5 nitrogen and oxygen atoms in total. The van der Waals surface area contributed by atoms with Gasteiger partial charge in [0.05, 0.1) is 17.6 Å². The first-order valence-corrected chi connectivity index (χ1v) is 11.4. The summed E-state index contributed by atoms with van der Waals surface area (Å²) in [4.78, 5) is 22.8. The van der Waals surface area contributed by atoms with Gasteiger partial charge in [-0.3, -0.25) is 4.79 Å². The Morgan fingerprint density at radius 1 is 1.21 bits per heavy atom. The number of fused-ring (bicyclic) bond motifs is 2. The quantitative estimate of drug-likeness (QED) is 0.519. The molecule has 1 N–H and O–H groups in total. The maximum absolute atomic E-state index is 11.3. The van der Waals surface area contributed by atoms with Gasteiger partial charge >= 0.3 is 5.97 Å². The number of carboxylic acids is 1. The van der Waals surface area contributed by atoms with E-state index in [2.05, 4.69) is 40.7 Å². The topological polar surface area (TPSA) is 65.0 Å². The fourth-order valence-electron chi connectivity index (χ4n) is 6.98. The predicted octanol–water partition coefficient (Wildman–Crippen LogP) is 5.14. The lowest BCUT2D eigenvalue weighted by Gasteiger charge is -2.55. The molecule has 2 saturated heterocycles. The molecular formula is C24H38O5. The van der Waals surface area contributed by atoms with Crippen molar-refractivity contribution in [3.8, 4) is 0 Å². The predicted molar refractivity (Wildman–Crippen MR) is 110 cm³/mol. The molecule has 0 spiro atoms. The van der Waals surface area contributed by atoms with Gasteiger partial charge < -0.3 is 9.84 Å². The van der Waals surface area contributed by atoms with Crippen molar-refractivity contribution in [1.29, 1.82) is 0 Å². The molecule has 2 aliphatic heterocycles. The summed E-state index contributed by atoms with van der Waals surface area (Å²) < 4.78 is 6.81. The molecule has 0 aromatic rings. The average molecular weight is 407 g/mol. The molecule has 1 saturated carbocycles. The molecule has 4 rings (SSSR count). The van der Waals surface area contributed by atoms with E-state index in [0.717, 1.165) is 19.3 Å². The van der Waals surface area contributed by atoms with E-state index >= 15 is 0 Å². The number of ether oxygens (including phenoxy) is 1. The third-order valence-corrected chi connectivity index (χ3v) is 8.87. The van der Waals surface area contributed by atoms with Crippen LogP contribution in [0.4, 0.5) is 0 Å². The number of rotatable bonds is 3. The van der Waals surface area contributed by atoms with Crippen LogP contribution in [0.3, 0.4) is 0 Å². The van der Waals surface area contributed by atoms with Gasteiger partial charge in [0.1, 0.15) is 11.7 Å². The van der Waals surface area contributed by atoms with Crippen LogP contribution in [0.1, 0.15) is 80.1 Å². The van der Waals surface area contributed by atoms with Gasteiger partial charge in [-0.1, -0.05) is 25.5 Å². The van der Waals surface area contributed by atoms with E-state index in [0.29, 0.717) is 24.2 Å². The lowest BCUT2D eigenvalue weighted by atomic mass is 9.51. The summed E-state index contributed by atoms with van der Waals surface area (Å²) in [5, 5.41) is 9.26. The van der Waals surface area contributed by atoms with Crippen molar-refractivity contribution in [2.75, 3.05) is 0 Å². The summed E-state index contributed by atoms with van der Waals surface area (Å²) in [6.45, 7) is 13.2. The van der Waals surface area contributed by atoms with E-state index in [1.54, 1.807) is 6.92 Å². The summed E-state index contributed by atoms with van der Waals surface area (Å²) in [7, 11) is 0. The number of hydrogen-bond acceptors (Lipinski definition) is 4. The fourth-order valence-corrected chi connectivity index (χ4v) is 6.98. The van der Waals surface area contributed by atoms with Crippen molar-refractivity contribution < 1.29 is 24.4 Å². The third kappa shape index (κ3) is 3.47. The molecule has 3 fully saturated rings. The molecule has 2 heterocycles. The monoisotopic (exact) mass is 406 g/mol. The Morgan fingerprint density at radius 2 is 1.93 bits per heavy atom. The van der Waals surface area contributed by atoms with Gasteiger partial charge in [-0.25, -0.2) is 9.78 Å². The van der Waals surface area contributed by atoms with Crippen molar-refractivity contribution in [2.24, 2.45) is 29.1 Å². The largest absolute Gasteiger partial charge is 0.481 e. The van der Waals surface area contributed by atoms with Crippen molar-refractivity contribution >= 4 is 5.97 Å². The molecule has 0 aromatic carbocycles. The van der Waals surface area contributed by atoms with E-state index < -0.39 is 23.6 Å². The molecule has 5 heteroatoms. The van der Waals surface area contributed by atoms with Crippen LogP contribution in [0, 0.1) is 29.1 Å². The van der Waals surface area contributed by atoms with Crippen LogP contribution in [-0.4, -0.2) is 34.5 Å². The Hall–Kier alpha value is -0.910. The smallest absolute Gasteiger partial charge is 0.308 e. The van der Waals surface area contributed by atoms with Crippen LogP contribution in [0.15, 0.2) is 11.6 Å². The molecule has 164 valence electrons. The highest BCUT2D eigenvalue weighted by atomic mass is 17.2. The minimum absolute atomic E-state index is 0.0249. The van der Waals surface area contributed by atoms with Crippen molar-refractivity contribution in [3.63, 3.8) is 0 Å². The Labute approximate surface area is 175 Å². The maximum Gasteiger partial charge on any atom is 0.308 e. The highest BCUT2D eigenvalue weighted by Gasteiger charge is 2.62. The van der Waals surface area contributed by atoms with Crippen LogP contribution >= 0.6 is 0 Å². The highest BCUT2D eigenvalue weighted by Crippen LogP contribution is 2.62. The summed E-state index contributed by atoms with van der Waals surface area (Å²) in [5.74, 6) is 0.385. The molecule has 0 radical (unpaired) electrons. The Morgan fingerprint density at radius 3 is 2.55 bits per heavy atom. The van der Waals surface area contributed by atoms with Crippen LogP contribution < -0.4 is 0 Å². The molecule has 2 aliphatic carbocycles. The molecule has 0 bridgehead atoms. The molecule has 4 aliphatic rings. The normalized spacial score (nSPS) is 47.7. The first kappa shape index (κ1) is 21.3. The van der Waals surface area contributed by atoms with Gasteiger partial charge in [0.25, 0.3) is 0 Å².